The van der Waals surface area contributed by atoms with Gasteiger partial charge in [-0.25, -0.2) is 0 Å². The van der Waals surface area contributed by atoms with E-state index in [1.807, 2.05) is 6.08 Å². The molecule has 0 rings (SSSR count). The predicted octanol–water partition coefficient (Wildman–Crippen LogP) is 18.8. The zero-order valence-corrected chi connectivity index (χ0v) is 43.2. The van der Waals surface area contributed by atoms with Gasteiger partial charge in [0, 0.05) is 6.42 Å². The van der Waals surface area contributed by atoms with E-state index in [-0.39, 0.29) is 12.5 Å². The van der Waals surface area contributed by atoms with Crippen molar-refractivity contribution < 1.29 is 15.0 Å². The van der Waals surface area contributed by atoms with Crippen LogP contribution in [0.1, 0.15) is 277 Å². The number of aliphatic hydroxyl groups excluding tert-OH is 2. The number of unbranched alkanes of at least 4 members (excludes halogenated alkanes) is 32. The van der Waals surface area contributed by atoms with Crippen LogP contribution in [0.3, 0.4) is 0 Å². The Kier molecular flexibility index (Phi) is 53.8. The van der Waals surface area contributed by atoms with E-state index in [1.165, 1.54) is 193 Å². The summed E-state index contributed by atoms with van der Waals surface area (Å²) in [6, 6.07) is -0.647. The average Bonchev–Trinajstić information content (AvgIpc) is 3.31. The molecule has 0 aliphatic heterocycles. The normalized spacial score (nSPS) is 13.5. The summed E-state index contributed by atoms with van der Waals surface area (Å²) >= 11 is 0. The molecule has 4 heteroatoms. The van der Waals surface area contributed by atoms with Crippen LogP contribution in [0, 0.1) is 0 Å². The molecule has 1 amide bonds. The lowest BCUT2D eigenvalue weighted by Gasteiger charge is -2.19. The molecule has 0 aliphatic carbocycles. The third-order valence-electron chi connectivity index (χ3n) is 12.6. The van der Waals surface area contributed by atoms with E-state index in [0.717, 1.165) is 64.2 Å². The Morgan fingerprint density at radius 2 is 0.692 bits per heavy atom. The minimum absolute atomic E-state index is 0.0762. The van der Waals surface area contributed by atoms with Gasteiger partial charge in [-0.3, -0.25) is 4.79 Å². The molecule has 3 N–H and O–H groups in total. The summed E-state index contributed by atoms with van der Waals surface area (Å²) < 4.78 is 0. The van der Waals surface area contributed by atoms with Crippen molar-refractivity contribution in [2.45, 2.75) is 289 Å². The molecule has 0 aromatic carbocycles. The van der Waals surface area contributed by atoms with Crippen LogP contribution in [-0.2, 0) is 4.79 Å². The lowest BCUT2D eigenvalue weighted by molar-refractivity contribution is -0.123. The van der Waals surface area contributed by atoms with Crippen LogP contribution in [0.15, 0.2) is 85.1 Å². The topological polar surface area (TPSA) is 69.6 Å². The van der Waals surface area contributed by atoms with E-state index in [1.54, 1.807) is 6.08 Å². The molecule has 0 bridgehead atoms. The number of rotatable bonds is 51. The molecule has 376 valence electrons. The highest BCUT2D eigenvalue weighted by atomic mass is 16.3. The van der Waals surface area contributed by atoms with Gasteiger partial charge in [0.15, 0.2) is 0 Å². The van der Waals surface area contributed by atoms with Gasteiger partial charge in [-0.15, -0.1) is 0 Å². The third-order valence-corrected chi connectivity index (χ3v) is 12.6. The summed E-state index contributed by atoms with van der Waals surface area (Å²) in [5.41, 5.74) is 0. The Labute approximate surface area is 405 Å². The first kappa shape index (κ1) is 62.6. The molecule has 2 unspecified atom stereocenters. The molecule has 0 aromatic rings. The predicted molar refractivity (Wildman–Crippen MR) is 290 cm³/mol. The maximum atomic E-state index is 12.5. The van der Waals surface area contributed by atoms with E-state index in [2.05, 4.69) is 92.1 Å². The molecule has 0 saturated carbocycles. The zero-order chi connectivity index (χ0) is 47.0. The van der Waals surface area contributed by atoms with Crippen molar-refractivity contribution in [3.63, 3.8) is 0 Å². The molecule has 0 heterocycles. The van der Waals surface area contributed by atoms with Crippen molar-refractivity contribution >= 4 is 5.91 Å². The molecular weight excluding hydrogens is 795 g/mol. The van der Waals surface area contributed by atoms with Crippen LogP contribution in [-0.4, -0.2) is 34.9 Å². The molecule has 0 aromatic heterocycles. The number of carbonyl (C=O) groups is 1. The van der Waals surface area contributed by atoms with Crippen molar-refractivity contribution in [1.29, 1.82) is 0 Å². The largest absolute Gasteiger partial charge is 0.394 e. The maximum absolute atomic E-state index is 12.5. The first-order valence-corrected chi connectivity index (χ1v) is 28.3. The summed E-state index contributed by atoms with van der Waals surface area (Å²) in [5.74, 6) is -0.0762. The van der Waals surface area contributed by atoms with Crippen LogP contribution in [0.4, 0.5) is 0 Å². The van der Waals surface area contributed by atoms with Crippen molar-refractivity contribution in [2.24, 2.45) is 0 Å². The van der Waals surface area contributed by atoms with E-state index < -0.39 is 12.1 Å². The molecule has 65 heavy (non-hydrogen) atoms. The minimum atomic E-state index is -0.872. The van der Waals surface area contributed by atoms with Crippen LogP contribution < -0.4 is 5.32 Å². The lowest BCUT2D eigenvalue weighted by Crippen LogP contribution is -2.45. The molecule has 0 aliphatic rings. The monoisotopic (exact) mass is 904 g/mol. The average molecular weight is 905 g/mol. The van der Waals surface area contributed by atoms with Gasteiger partial charge in [0.2, 0.25) is 5.91 Å². The molecule has 0 spiro atoms. The second kappa shape index (κ2) is 55.9. The highest BCUT2D eigenvalue weighted by Gasteiger charge is 2.18. The van der Waals surface area contributed by atoms with E-state index in [4.69, 9.17) is 0 Å². The van der Waals surface area contributed by atoms with Gasteiger partial charge in [-0.05, 0) is 83.5 Å². The first-order valence-electron chi connectivity index (χ1n) is 28.3. The minimum Gasteiger partial charge on any atom is -0.394 e. The van der Waals surface area contributed by atoms with Gasteiger partial charge in [0.05, 0.1) is 18.8 Å². The molecular formula is C61H109NO3. The second-order valence-corrected chi connectivity index (χ2v) is 19.0. The Hall–Kier alpha value is -2.43. The number of nitrogens with one attached hydrogen (secondary N) is 1. The van der Waals surface area contributed by atoms with Crippen molar-refractivity contribution in [3.05, 3.63) is 85.1 Å². The number of allylic oxidation sites excluding steroid dienone is 13. The Morgan fingerprint density at radius 3 is 1.08 bits per heavy atom. The van der Waals surface area contributed by atoms with Crippen molar-refractivity contribution in [1.82, 2.24) is 5.32 Å². The summed E-state index contributed by atoms with van der Waals surface area (Å²) in [6.07, 6.45) is 81.8. The van der Waals surface area contributed by atoms with Gasteiger partial charge in [-0.2, -0.15) is 0 Å². The summed E-state index contributed by atoms with van der Waals surface area (Å²) in [4.78, 5) is 12.5. The van der Waals surface area contributed by atoms with Gasteiger partial charge in [0.1, 0.15) is 0 Å². The van der Waals surface area contributed by atoms with Gasteiger partial charge >= 0.3 is 0 Å². The SMILES string of the molecule is CC/C=C\C/C=C\C/C=C\C/C=C\CCCCCCCCCCCCCCCCCCCCCCCCC(=O)NC(CO)C(O)/C=C/CC/C=C/CC/C=C/CCCCCCCCCC. The summed E-state index contributed by atoms with van der Waals surface area (Å²) in [6.45, 7) is 4.19. The van der Waals surface area contributed by atoms with Crippen LogP contribution >= 0.6 is 0 Å². The number of carbonyl (C=O) groups excluding carboxylic acids is 1. The second-order valence-electron chi connectivity index (χ2n) is 19.0. The summed E-state index contributed by atoms with van der Waals surface area (Å²) in [7, 11) is 0. The Balaban J connectivity index is 3.49. The van der Waals surface area contributed by atoms with Crippen LogP contribution in [0.25, 0.3) is 0 Å². The smallest absolute Gasteiger partial charge is 0.220 e. The molecule has 2 atom stereocenters. The number of hydrogen-bond donors (Lipinski definition) is 3. The first-order chi connectivity index (χ1) is 32.2. The number of amides is 1. The van der Waals surface area contributed by atoms with Crippen LogP contribution in [0.2, 0.25) is 0 Å². The van der Waals surface area contributed by atoms with Crippen LogP contribution in [0.5, 0.6) is 0 Å². The number of hydrogen-bond acceptors (Lipinski definition) is 3. The fourth-order valence-corrected chi connectivity index (χ4v) is 8.32. The molecule has 4 nitrogen and oxygen atoms in total. The quantitative estimate of drug-likeness (QED) is 0.0421. The Morgan fingerprint density at radius 1 is 0.385 bits per heavy atom. The van der Waals surface area contributed by atoms with E-state index >= 15 is 0 Å². The van der Waals surface area contributed by atoms with E-state index in [9.17, 15) is 15.0 Å². The van der Waals surface area contributed by atoms with Crippen molar-refractivity contribution in [3.8, 4) is 0 Å². The molecule has 0 fully saturated rings. The fraction of sp³-hybridized carbons (Fsp3) is 0.754. The fourth-order valence-electron chi connectivity index (χ4n) is 8.32. The zero-order valence-electron chi connectivity index (χ0n) is 43.2. The molecule has 0 saturated heterocycles. The highest BCUT2D eigenvalue weighted by Crippen LogP contribution is 2.16. The molecule has 0 radical (unpaired) electrons. The lowest BCUT2D eigenvalue weighted by atomic mass is 10.0. The van der Waals surface area contributed by atoms with E-state index in [0.29, 0.717) is 6.42 Å². The van der Waals surface area contributed by atoms with Crippen molar-refractivity contribution in [2.75, 3.05) is 6.61 Å². The summed E-state index contributed by atoms with van der Waals surface area (Å²) in [5, 5.41) is 23.1. The highest BCUT2D eigenvalue weighted by molar-refractivity contribution is 5.76. The third kappa shape index (κ3) is 52.4. The van der Waals surface area contributed by atoms with Gasteiger partial charge in [-0.1, -0.05) is 272 Å². The standard InChI is InChI=1S/C61H109NO3/c1-3-5-7-9-11-13-15-17-19-21-23-24-25-26-27-28-29-30-31-32-33-34-35-36-37-38-39-41-43-45-47-49-51-53-55-57-61(65)62-59(58-63)60(64)56-54-52-50-48-46-44-42-40-22-20-18-16-14-12-10-8-6-4-2/h5,7,11,13,17,19,22-24,40,46,48,54,56,59-60,63-64H,3-4,6,8-10,12,14-16,18,20-21,25-39,41-45,47,49-53,55,57-58H2,1-2H3,(H,62,65)/b7-5-,13-11-,19-17-,24-23-,40-22+,48-46+,56-54+. The maximum Gasteiger partial charge on any atom is 0.220 e. The number of aliphatic hydroxyl groups is 2. The van der Waals surface area contributed by atoms with Gasteiger partial charge < -0.3 is 15.5 Å². The Bertz CT molecular complexity index is 1160. The van der Waals surface area contributed by atoms with Gasteiger partial charge in [0.25, 0.3) is 0 Å².